The maximum atomic E-state index is 11.6. The average molecular weight is 471 g/mol. The van der Waals surface area contributed by atoms with Gasteiger partial charge in [0.25, 0.3) is 0 Å². The van der Waals surface area contributed by atoms with Crippen molar-refractivity contribution in [2.45, 2.75) is 32.2 Å². The summed E-state index contributed by atoms with van der Waals surface area (Å²) >= 11 is 0. The normalized spacial score (nSPS) is 19.5. The van der Waals surface area contributed by atoms with E-state index >= 15 is 0 Å². The van der Waals surface area contributed by atoms with Crippen molar-refractivity contribution in [3.8, 4) is 0 Å². The fraction of sp³-hybridized carbons (Fsp3) is 0.500. The Morgan fingerprint density at radius 3 is 2.77 bits per heavy atom. The molecule has 0 spiro atoms. The molecule has 8 heteroatoms. The van der Waals surface area contributed by atoms with Crippen LogP contribution in [0.4, 0.5) is 4.79 Å². The number of halogens is 1. The molecule has 1 aliphatic heterocycles. The first-order chi connectivity index (χ1) is 12.2. The molecule has 1 saturated heterocycles. The second-order valence-electron chi connectivity index (χ2n) is 6.32. The molecule has 3 rings (SSSR count). The summed E-state index contributed by atoms with van der Waals surface area (Å²) in [6, 6.07) is 8.56. The molecule has 26 heavy (non-hydrogen) atoms. The monoisotopic (exact) mass is 471 g/mol. The van der Waals surface area contributed by atoms with Gasteiger partial charge in [0.1, 0.15) is 0 Å². The number of urea groups is 1. The zero-order valence-electron chi connectivity index (χ0n) is 15.0. The fourth-order valence-corrected chi connectivity index (χ4v) is 3.28. The van der Waals surface area contributed by atoms with Gasteiger partial charge in [-0.1, -0.05) is 24.3 Å². The van der Waals surface area contributed by atoms with Crippen LogP contribution in [0.15, 0.2) is 29.3 Å². The minimum absolute atomic E-state index is 0. The van der Waals surface area contributed by atoms with Crippen LogP contribution in [-0.2, 0) is 17.6 Å². The Balaban J connectivity index is 0.00000243. The van der Waals surface area contributed by atoms with E-state index in [0.29, 0.717) is 19.1 Å². The lowest BCUT2D eigenvalue weighted by Gasteiger charge is -2.27. The van der Waals surface area contributed by atoms with Crippen molar-refractivity contribution in [3.05, 3.63) is 35.4 Å². The van der Waals surface area contributed by atoms with Crippen molar-refractivity contribution in [1.82, 2.24) is 20.9 Å². The largest absolute Gasteiger partial charge is 0.357 e. The predicted molar refractivity (Wildman–Crippen MR) is 112 cm³/mol. The maximum Gasteiger partial charge on any atom is 0.324 e. The quantitative estimate of drug-likeness (QED) is 0.262. The zero-order chi connectivity index (χ0) is 17.6. The van der Waals surface area contributed by atoms with E-state index in [1.807, 2.05) is 6.92 Å². The van der Waals surface area contributed by atoms with Crippen molar-refractivity contribution in [1.29, 1.82) is 0 Å². The van der Waals surface area contributed by atoms with E-state index in [1.165, 1.54) is 16.0 Å². The molecule has 1 aliphatic carbocycles. The van der Waals surface area contributed by atoms with E-state index in [1.54, 1.807) is 0 Å². The highest BCUT2D eigenvalue weighted by Crippen LogP contribution is 2.20. The maximum absolute atomic E-state index is 11.6. The highest BCUT2D eigenvalue weighted by Gasteiger charge is 2.27. The minimum Gasteiger partial charge on any atom is -0.357 e. The summed E-state index contributed by atoms with van der Waals surface area (Å²) in [6.45, 7) is 3.55. The van der Waals surface area contributed by atoms with Crippen molar-refractivity contribution in [2.24, 2.45) is 4.99 Å². The Morgan fingerprint density at radius 2 is 2.08 bits per heavy atom. The van der Waals surface area contributed by atoms with E-state index in [2.05, 4.69) is 45.2 Å². The van der Waals surface area contributed by atoms with Crippen LogP contribution >= 0.6 is 24.0 Å². The third kappa shape index (κ3) is 5.09. The van der Waals surface area contributed by atoms with Crippen LogP contribution < -0.4 is 16.0 Å². The molecule has 1 aromatic rings. The highest BCUT2D eigenvalue weighted by molar-refractivity contribution is 14.0. The SMILES string of the molecule is CCNC(=NCCN1C(=O)CNC1=O)NC1CCc2ccccc2C1.I. The summed E-state index contributed by atoms with van der Waals surface area (Å²) in [5, 5.41) is 9.23. The number of nitrogens with zero attached hydrogens (tertiary/aromatic N) is 2. The molecular weight excluding hydrogens is 445 g/mol. The van der Waals surface area contributed by atoms with Crippen LogP contribution in [0.5, 0.6) is 0 Å². The van der Waals surface area contributed by atoms with Crippen LogP contribution in [0.1, 0.15) is 24.5 Å². The molecule has 1 heterocycles. The summed E-state index contributed by atoms with van der Waals surface area (Å²) in [6.07, 6.45) is 3.11. The van der Waals surface area contributed by atoms with E-state index in [9.17, 15) is 9.59 Å². The molecule has 1 fully saturated rings. The predicted octanol–water partition coefficient (Wildman–Crippen LogP) is 1.27. The standard InChI is InChI=1S/C18H25N5O2.HI/c1-2-19-17(20-9-10-23-16(24)12-21-18(23)25)22-15-8-7-13-5-3-4-6-14(13)11-15;/h3-6,15H,2,7-12H2,1H3,(H,21,25)(H2,19,20,22);1H. The van der Waals surface area contributed by atoms with Gasteiger partial charge >= 0.3 is 6.03 Å². The molecule has 1 aromatic carbocycles. The topological polar surface area (TPSA) is 85.8 Å². The number of fused-ring (bicyclic) bond motifs is 1. The molecule has 142 valence electrons. The molecule has 1 unspecified atom stereocenters. The lowest BCUT2D eigenvalue weighted by atomic mass is 9.88. The molecule has 0 aromatic heterocycles. The van der Waals surface area contributed by atoms with Crippen LogP contribution in [0.3, 0.4) is 0 Å². The molecule has 3 amide bonds. The van der Waals surface area contributed by atoms with E-state index in [-0.39, 0.29) is 42.5 Å². The van der Waals surface area contributed by atoms with Gasteiger partial charge in [0.15, 0.2) is 5.96 Å². The Labute approximate surface area is 171 Å². The smallest absolute Gasteiger partial charge is 0.324 e. The first-order valence-corrected chi connectivity index (χ1v) is 8.87. The molecule has 3 N–H and O–H groups in total. The molecule has 7 nitrogen and oxygen atoms in total. The number of carbonyl (C=O) groups excluding carboxylic acids is 2. The zero-order valence-corrected chi connectivity index (χ0v) is 17.3. The molecule has 1 atom stereocenters. The number of amides is 3. The van der Waals surface area contributed by atoms with Crippen LogP contribution in [0.2, 0.25) is 0 Å². The first-order valence-electron chi connectivity index (χ1n) is 8.87. The van der Waals surface area contributed by atoms with Crippen LogP contribution in [0.25, 0.3) is 0 Å². The lowest BCUT2D eigenvalue weighted by Crippen LogP contribution is -2.46. The number of hydrogen-bond acceptors (Lipinski definition) is 3. The number of imide groups is 1. The molecule has 0 bridgehead atoms. The molecule has 0 radical (unpaired) electrons. The minimum atomic E-state index is -0.331. The summed E-state index contributed by atoms with van der Waals surface area (Å²) in [4.78, 5) is 28.8. The highest BCUT2D eigenvalue weighted by atomic mass is 127. The fourth-order valence-electron chi connectivity index (χ4n) is 3.28. The van der Waals surface area contributed by atoms with Crippen molar-refractivity contribution < 1.29 is 9.59 Å². The van der Waals surface area contributed by atoms with Gasteiger partial charge in [-0.2, -0.15) is 0 Å². The van der Waals surface area contributed by atoms with Crippen molar-refractivity contribution in [3.63, 3.8) is 0 Å². The third-order valence-electron chi connectivity index (χ3n) is 4.56. The average Bonchev–Trinajstić information content (AvgIpc) is 2.94. The van der Waals surface area contributed by atoms with Crippen molar-refractivity contribution >= 4 is 41.9 Å². The van der Waals surface area contributed by atoms with E-state index < -0.39 is 0 Å². The Hall–Kier alpha value is -1.84. The van der Waals surface area contributed by atoms with Crippen LogP contribution in [-0.4, -0.2) is 55.0 Å². The summed E-state index contributed by atoms with van der Waals surface area (Å²) < 4.78 is 0. The number of benzene rings is 1. The third-order valence-corrected chi connectivity index (χ3v) is 4.56. The number of rotatable bonds is 5. The van der Waals surface area contributed by atoms with Gasteiger partial charge in [-0.05, 0) is 37.3 Å². The lowest BCUT2D eigenvalue weighted by molar-refractivity contribution is -0.124. The summed E-state index contributed by atoms with van der Waals surface area (Å²) in [5.41, 5.74) is 2.82. The number of hydrogen-bond donors (Lipinski definition) is 3. The number of guanidine groups is 1. The number of carbonyl (C=O) groups is 2. The molecular formula is C18H26IN5O2. The van der Waals surface area contributed by atoms with Gasteiger partial charge in [-0.15, -0.1) is 24.0 Å². The van der Waals surface area contributed by atoms with Crippen LogP contribution in [0, 0.1) is 0 Å². The van der Waals surface area contributed by atoms with E-state index in [0.717, 1.165) is 31.8 Å². The Kier molecular flexibility index (Phi) is 7.67. The van der Waals surface area contributed by atoms with Gasteiger partial charge in [0.2, 0.25) is 5.91 Å². The summed E-state index contributed by atoms with van der Waals surface area (Å²) in [7, 11) is 0. The summed E-state index contributed by atoms with van der Waals surface area (Å²) in [5.74, 6) is 0.543. The van der Waals surface area contributed by atoms with E-state index in [4.69, 9.17) is 0 Å². The Morgan fingerprint density at radius 1 is 1.31 bits per heavy atom. The Bertz CT molecular complexity index is 663. The first kappa shape index (κ1) is 20.5. The number of nitrogens with one attached hydrogen (secondary N) is 3. The van der Waals surface area contributed by atoms with Crippen molar-refractivity contribution in [2.75, 3.05) is 26.2 Å². The van der Waals surface area contributed by atoms with Gasteiger partial charge in [-0.25, -0.2) is 4.79 Å². The number of aliphatic imine (C=N–C) groups is 1. The molecule has 2 aliphatic rings. The molecule has 0 saturated carbocycles. The van der Waals surface area contributed by atoms with Gasteiger partial charge in [-0.3, -0.25) is 14.7 Å². The second kappa shape index (κ2) is 9.75. The number of aryl methyl sites for hydroxylation is 1. The van der Waals surface area contributed by atoms with Gasteiger partial charge in [0, 0.05) is 12.6 Å². The van der Waals surface area contributed by atoms with Gasteiger partial charge < -0.3 is 16.0 Å². The van der Waals surface area contributed by atoms with Gasteiger partial charge in [0.05, 0.1) is 19.6 Å². The second-order valence-corrected chi connectivity index (χ2v) is 6.32.